The maximum Gasteiger partial charge on any atom is 0.410 e. The average Bonchev–Trinajstić information content (AvgIpc) is 3.14. The SMILES string of the molecule is CC(C)(C)OC(=O)N1CCN(CCCNC(=O)c2ccc3nc(C(F)F)[nH]c3c2)CC1. The fraction of sp³-hybridized carbons (Fsp3) is 0.571. The van der Waals surface area contributed by atoms with Crippen LogP contribution < -0.4 is 5.32 Å². The molecule has 2 aromatic rings. The minimum absolute atomic E-state index is 0.259. The molecular weight excluding hydrogens is 408 g/mol. The number of nitrogens with one attached hydrogen (secondary N) is 2. The summed E-state index contributed by atoms with van der Waals surface area (Å²) in [5.41, 5.74) is 0.700. The third-order valence-electron chi connectivity index (χ3n) is 4.93. The van der Waals surface area contributed by atoms with Crippen molar-refractivity contribution in [1.82, 2.24) is 25.1 Å². The fourth-order valence-electron chi connectivity index (χ4n) is 3.36. The van der Waals surface area contributed by atoms with Crippen molar-refractivity contribution in [2.75, 3.05) is 39.3 Å². The molecule has 2 heterocycles. The minimum atomic E-state index is -2.68. The Bertz CT molecular complexity index is 917. The first-order valence-corrected chi connectivity index (χ1v) is 10.4. The van der Waals surface area contributed by atoms with E-state index in [0.29, 0.717) is 36.2 Å². The highest BCUT2D eigenvalue weighted by atomic mass is 19.3. The van der Waals surface area contributed by atoms with Gasteiger partial charge in [-0.25, -0.2) is 18.6 Å². The van der Waals surface area contributed by atoms with E-state index < -0.39 is 17.9 Å². The molecule has 3 rings (SSSR count). The van der Waals surface area contributed by atoms with E-state index >= 15 is 0 Å². The van der Waals surface area contributed by atoms with Crippen LogP contribution in [0.2, 0.25) is 0 Å². The number of hydrogen-bond donors (Lipinski definition) is 2. The molecule has 0 bridgehead atoms. The highest BCUT2D eigenvalue weighted by Gasteiger charge is 2.25. The Balaban J connectivity index is 1.39. The van der Waals surface area contributed by atoms with Crippen LogP contribution >= 0.6 is 0 Å². The number of H-pyrrole nitrogens is 1. The highest BCUT2D eigenvalue weighted by molar-refractivity contribution is 5.97. The first kappa shape index (κ1) is 22.9. The molecule has 2 N–H and O–H groups in total. The number of halogens is 2. The van der Waals surface area contributed by atoms with Crippen molar-refractivity contribution < 1.29 is 23.1 Å². The number of aromatic nitrogens is 2. The van der Waals surface area contributed by atoms with Gasteiger partial charge in [-0.1, -0.05) is 0 Å². The Morgan fingerprint density at radius 2 is 1.94 bits per heavy atom. The molecule has 1 aliphatic rings. The number of nitrogens with zero attached hydrogens (tertiary/aromatic N) is 3. The van der Waals surface area contributed by atoms with E-state index in [-0.39, 0.29) is 12.0 Å². The number of aromatic amines is 1. The van der Waals surface area contributed by atoms with E-state index in [0.717, 1.165) is 26.1 Å². The lowest BCUT2D eigenvalue weighted by atomic mass is 10.2. The quantitative estimate of drug-likeness (QED) is 0.678. The molecule has 1 aliphatic heterocycles. The van der Waals surface area contributed by atoms with E-state index in [1.165, 1.54) is 6.07 Å². The van der Waals surface area contributed by atoms with E-state index in [4.69, 9.17) is 4.74 Å². The molecule has 1 fully saturated rings. The molecule has 170 valence electrons. The van der Waals surface area contributed by atoms with Crippen LogP contribution in [0.3, 0.4) is 0 Å². The molecule has 10 heteroatoms. The fourth-order valence-corrected chi connectivity index (χ4v) is 3.36. The molecule has 0 aliphatic carbocycles. The molecule has 0 spiro atoms. The lowest BCUT2D eigenvalue weighted by Crippen LogP contribution is -2.50. The van der Waals surface area contributed by atoms with Crippen molar-refractivity contribution in [3.63, 3.8) is 0 Å². The van der Waals surface area contributed by atoms with Crippen LogP contribution in [0.15, 0.2) is 18.2 Å². The van der Waals surface area contributed by atoms with Crippen molar-refractivity contribution in [3.05, 3.63) is 29.6 Å². The van der Waals surface area contributed by atoms with Crippen LogP contribution in [-0.4, -0.2) is 76.6 Å². The third-order valence-corrected chi connectivity index (χ3v) is 4.93. The largest absolute Gasteiger partial charge is 0.444 e. The predicted molar refractivity (Wildman–Crippen MR) is 112 cm³/mol. The van der Waals surface area contributed by atoms with Crippen LogP contribution in [-0.2, 0) is 4.74 Å². The Kier molecular flexibility index (Phi) is 7.09. The summed E-state index contributed by atoms with van der Waals surface area (Å²) in [7, 11) is 0. The number of ether oxygens (including phenoxy) is 1. The number of piperazine rings is 1. The summed E-state index contributed by atoms with van der Waals surface area (Å²) < 4.78 is 30.9. The zero-order chi connectivity index (χ0) is 22.6. The second-order valence-electron chi connectivity index (χ2n) is 8.57. The van der Waals surface area contributed by atoms with Crippen LogP contribution in [0.25, 0.3) is 11.0 Å². The number of carbonyl (C=O) groups excluding carboxylic acids is 2. The molecule has 0 unspecified atom stereocenters. The number of fused-ring (bicyclic) bond motifs is 1. The second kappa shape index (κ2) is 9.59. The minimum Gasteiger partial charge on any atom is -0.444 e. The number of amides is 2. The summed E-state index contributed by atoms with van der Waals surface area (Å²) in [5.74, 6) is -0.663. The monoisotopic (exact) mass is 437 g/mol. The van der Waals surface area contributed by atoms with E-state index in [1.807, 2.05) is 20.8 Å². The van der Waals surface area contributed by atoms with Crippen LogP contribution in [0.1, 0.15) is 49.8 Å². The lowest BCUT2D eigenvalue weighted by Gasteiger charge is -2.35. The summed E-state index contributed by atoms with van der Waals surface area (Å²) in [5, 5.41) is 2.85. The zero-order valence-electron chi connectivity index (χ0n) is 18.1. The topological polar surface area (TPSA) is 90.6 Å². The first-order valence-electron chi connectivity index (χ1n) is 10.4. The van der Waals surface area contributed by atoms with Gasteiger partial charge in [0.2, 0.25) is 0 Å². The molecular formula is C21H29F2N5O3. The zero-order valence-corrected chi connectivity index (χ0v) is 18.1. The summed E-state index contributed by atoms with van der Waals surface area (Å²) in [6.45, 7) is 9.61. The number of imidazole rings is 1. The Morgan fingerprint density at radius 3 is 2.58 bits per heavy atom. The van der Waals surface area contributed by atoms with Gasteiger partial charge < -0.3 is 19.9 Å². The van der Waals surface area contributed by atoms with Gasteiger partial charge in [0.15, 0.2) is 5.82 Å². The summed E-state index contributed by atoms with van der Waals surface area (Å²) in [4.78, 5) is 34.7. The van der Waals surface area contributed by atoms with Gasteiger partial charge in [-0.15, -0.1) is 0 Å². The van der Waals surface area contributed by atoms with Gasteiger partial charge in [0.05, 0.1) is 11.0 Å². The van der Waals surface area contributed by atoms with Crippen molar-refractivity contribution >= 4 is 23.0 Å². The van der Waals surface area contributed by atoms with Crippen LogP contribution in [0, 0.1) is 0 Å². The van der Waals surface area contributed by atoms with Gasteiger partial charge in [0, 0.05) is 38.3 Å². The molecule has 0 saturated carbocycles. The number of benzene rings is 1. The third kappa shape index (κ3) is 6.36. The van der Waals surface area contributed by atoms with Crippen molar-refractivity contribution in [2.45, 2.75) is 39.2 Å². The highest BCUT2D eigenvalue weighted by Crippen LogP contribution is 2.20. The second-order valence-corrected chi connectivity index (χ2v) is 8.57. The van der Waals surface area contributed by atoms with Crippen LogP contribution in [0.4, 0.5) is 13.6 Å². The maximum atomic E-state index is 12.7. The molecule has 31 heavy (non-hydrogen) atoms. The lowest BCUT2D eigenvalue weighted by molar-refractivity contribution is 0.0144. The standard InChI is InChI=1S/C21H29F2N5O3/c1-21(2,3)31-20(30)28-11-9-27(10-12-28)8-4-7-24-19(29)14-5-6-15-16(13-14)26-18(25-15)17(22)23/h5-6,13,17H,4,7-12H2,1-3H3,(H,24,29)(H,25,26). The average molecular weight is 437 g/mol. The Labute approximate surface area is 179 Å². The molecule has 1 aromatic carbocycles. The first-order chi connectivity index (χ1) is 14.6. The Hall–Kier alpha value is -2.75. The van der Waals surface area contributed by atoms with Gasteiger partial charge in [-0.3, -0.25) is 9.69 Å². The number of carbonyl (C=O) groups is 2. The van der Waals surface area contributed by atoms with Crippen molar-refractivity contribution in [1.29, 1.82) is 0 Å². The number of alkyl halides is 2. The molecule has 1 saturated heterocycles. The van der Waals surface area contributed by atoms with E-state index in [9.17, 15) is 18.4 Å². The summed E-state index contributed by atoms with van der Waals surface area (Å²) in [6.07, 6.45) is -2.20. The molecule has 8 nitrogen and oxygen atoms in total. The molecule has 2 amide bonds. The maximum absolute atomic E-state index is 12.7. The number of hydrogen-bond acceptors (Lipinski definition) is 5. The van der Waals surface area contributed by atoms with Crippen molar-refractivity contribution in [2.24, 2.45) is 0 Å². The predicted octanol–water partition coefficient (Wildman–Crippen LogP) is 3.17. The molecule has 0 radical (unpaired) electrons. The smallest absolute Gasteiger partial charge is 0.410 e. The molecule has 1 aromatic heterocycles. The van der Waals surface area contributed by atoms with Crippen molar-refractivity contribution in [3.8, 4) is 0 Å². The normalized spacial score (nSPS) is 15.5. The summed E-state index contributed by atoms with van der Waals surface area (Å²) >= 11 is 0. The Morgan fingerprint density at radius 1 is 1.23 bits per heavy atom. The van der Waals surface area contributed by atoms with E-state index in [1.54, 1.807) is 17.0 Å². The van der Waals surface area contributed by atoms with Gasteiger partial charge in [-0.2, -0.15) is 0 Å². The summed E-state index contributed by atoms with van der Waals surface area (Å²) in [6, 6.07) is 4.65. The van der Waals surface area contributed by atoms with Crippen LogP contribution in [0.5, 0.6) is 0 Å². The van der Waals surface area contributed by atoms with E-state index in [2.05, 4.69) is 20.2 Å². The van der Waals surface area contributed by atoms with Gasteiger partial charge >= 0.3 is 6.09 Å². The number of rotatable bonds is 6. The van der Waals surface area contributed by atoms with Gasteiger partial charge in [0.1, 0.15) is 5.60 Å². The molecule has 0 atom stereocenters. The van der Waals surface area contributed by atoms with Gasteiger partial charge in [0.25, 0.3) is 12.3 Å². The van der Waals surface area contributed by atoms with Gasteiger partial charge in [-0.05, 0) is 51.9 Å².